The maximum atomic E-state index is 13.7. The molecule has 0 radical (unpaired) electrons. The number of carbonyl (C=O) groups excluding carboxylic acids is 1. The Kier molecular flexibility index (Phi) is 5.62. The van der Waals surface area contributed by atoms with E-state index in [1.54, 1.807) is 0 Å². The van der Waals surface area contributed by atoms with Crippen molar-refractivity contribution in [3.63, 3.8) is 0 Å². The van der Waals surface area contributed by atoms with Crippen LogP contribution in [0, 0.1) is 5.82 Å². The molecule has 0 saturated carbocycles. The van der Waals surface area contributed by atoms with E-state index in [1.807, 2.05) is 24.3 Å². The maximum absolute atomic E-state index is 13.7. The quantitative estimate of drug-likeness (QED) is 0.619. The van der Waals surface area contributed by atoms with Gasteiger partial charge >= 0.3 is 6.18 Å². The molecule has 1 aliphatic rings. The lowest BCUT2D eigenvalue weighted by Gasteiger charge is -2.17. The van der Waals surface area contributed by atoms with Crippen LogP contribution in [0.25, 0.3) is 5.69 Å². The van der Waals surface area contributed by atoms with Crippen molar-refractivity contribution in [2.45, 2.75) is 25.6 Å². The summed E-state index contributed by atoms with van der Waals surface area (Å²) in [7, 11) is 0. The molecule has 1 saturated heterocycles. The van der Waals surface area contributed by atoms with Crippen molar-refractivity contribution in [2.24, 2.45) is 0 Å². The van der Waals surface area contributed by atoms with Crippen molar-refractivity contribution in [2.75, 3.05) is 18.0 Å². The number of alkyl halides is 3. The number of aromatic nitrogens is 3. The monoisotopic (exact) mass is 433 g/mol. The summed E-state index contributed by atoms with van der Waals surface area (Å²) in [6, 6.07) is 12.0. The predicted molar refractivity (Wildman–Crippen MR) is 105 cm³/mol. The number of rotatable bonds is 5. The largest absolute Gasteiger partial charge is 0.435 e. The fourth-order valence-electron chi connectivity index (χ4n) is 3.54. The lowest BCUT2D eigenvalue weighted by atomic mass is 10.2. The van der Waals surface area contributed by atoms with E-state index in [2.05, 4.69) is 20.5 Å². The summed E-state index contributed by atoms with van der Waals surface area (Å²) in [6.45, 7) is 2.03. The Bertz CT molecular complexity index is 1070. The minimum absolute atomic E-state index is 0.0310. The summed E-state index contributed by atoms with van der Waals surface area (Å²) in [6.07, 6.45) is -2.62. The van der Waals surface area contributed by atoms with Gasteiger partial charge in [0.1, 0.15) is 5.82 Å². The van der Waals surface area contributed by atoms with E-state index < -0.39 is 29.3 Å². The Morgan fingerprint density at radius 3 is 2.39 bits per heavy atom. The molecule has 162 valence electrons. The third kappa shape index (κ3) is 4.52. The van der Waals surface area contributed by atoms with Gasteiger partial charge in [-0.3, -0.25) is 4.79 Å². The molecular weight excluding hydrogens is 414 g/mol. The van der Waals surface area contributed by atoms with Crippen LogP contribution in [-0.2, 0) is 12.7 Å². The molecule has 0 atom stereocenters. The zero-order valence-corrected chi connectivity index (χ0v) is 16.4. The van der Waals surface area contributed by atoms with Crippen molar-refractivity contribution in [3.8, 4) is 5.69 Å². The summed E-state index contributed by atoms with van der Waals surface area (Å²) >= 11 is 0. The van der Waals surface area contributed by atoms with Gasteiger partial charge < -0.3 is 10.2 Å². The average Bonchev–Trinajstić information content (AvgIpc) is 3.42. The van der Waals surface area contributed by atoms with Crippen LogP contribution in [0.5, 0.6) is 0 Å². The summed E-state index contributed by atoms with van der Waals surface area (Å²) in [5, 5.41) is 9.31. The molecule has 1 fully saturated rings. The number of hydrogen-bond acceptors (Lipinski definition) is 4. The Hall–Kier alpha value is -3.43. The van der Waals surface area contributed by atoms with Gasteiger partial charge in [-0.15, -0.1) is 5.10 Å². The highest BCUT2D eigenvalue weighted by Gasteiger charge is 2.42. The van der Waals surface area contributed by atoms with Crippen molar-refractivity contribution < 1.29 is 22.4 Å². The van der Waals surface area contributed by atoms with Crippen molar-refractivity contribution in [1.82, 2.24) is 20.3 Å². The first kappa shape index (κ1) is 20.8. The summed E-state index contributed by atoms with van der Waals surface area (Å²) in [5.41, 5.74) is -0.603. The lowest BCUT2D eigenvalue weighted by Crippen LogP contribution is -2.27. The predicted octanol–water partition coefficient (Wildman–Crippen LogP) is 3.96. The molecule has 10 heteroatoms. The number of amides is 1. The van der Waals surface area contributed by atoms with Gasteiger partial charge in [-0.05, 0) is 48.7 Å². The van der Waals surface area contributed by atoms with Gasteiger partial charge in [0.05, 0.1) is 5.69 Å². The molecule has 1 aliphatic heterocycles. The molecule has 6 nitrogen and oxygen atoms in total. The molecule has 3 aromatic rings. The maximum Gasteiger partial charge on any atom is 0.435 e. The van der Waals surface area contributed by atoms with Gasteiger partial charge in [0.15, 0.2) is 11.4 Å². The number of nitrogens with zero attached hydrogens (tertiary/aromatic N) is 4. The third-order valence-corrected chi connectivity index (χ3v) is 5.07. The topological polar surface area (TPSA) is 63.1 Å². The first-order valence-corrected chi connectivity index (χ1v) is 9.74. The Morgan fingerprint density at radius 2 is 1.74 bits per heavy atom. The van der Waals surface area contributed by atoms with Crippen LogP contribution >= 0.6 is 0 Å². The van der Waals surface area contributed by atoms with Crippen LogP contribution < -0.4 is 10.2 Å². The van der Waals surface area contributed by atoms with Gasteiger partial charge in [-0.1, -0.05) is 23.4 Å². The lowest BCUT2D eigenvalue weighted by molar-refractivity contribution is -0.143. The highest BCUT2D eigenvalue weighted by Crippen LogP contribution is 2.33. The number of nitrogens with one attached hydrogen (secondary N) is 1. The minimum atomic E-state index is -4.92. The standard InChI is InChI=1S/C21H19F4N5O/c22-15-4-3-5-17(12-15)30-19(21(23,24)25)18(27-28-30)20(31)26-13-14-6-8-16(9-7-14)29-10-1-2-11-29/h3-9,12H,1-2,10-11,13H2,(H,26,31). The number of anilines is 1. The van der Waals surface area contributed by atoms with Crippen LogP contribution in [0.2, 0.25) is 0 Å². The molecule has 31 heavy (non-hydrogen) atoms. The second-order valence-corrected chi connectivity index (χ2v) is 7.22. The molecule has 0 aliphatic carbocycles. The Labute approximate surface area is 175 Å². The van der Waals surface area contributed by atoms with Crippen LogP contribution in [0.1, 0.15) is 34.6 Å². The van der Waals surface area contributed by atoms with E-state index in [4.69, 9.17) is 0 Å². The number of carbonyl (C=O) groups is 1. The third-order valence-electron chi connectivity index (χ3n) is 5.07. The van der Waals surface area contributed by atoms with Crippen LogP contribution in [0.15, 0.2) is 48.5 Å². The highest BCUT2D eigenvalue weighted by atomic mass is 19.4. The van der Waals surface area contributed by atoms with Crippen molar-refractivity contribution in [1.29, 1.82) is 0 Å². The van der Waals surface area contributed by atoms with E-state index in [1.165, 1.54) is 12.1 Å². The van der Waals surface area contributed by atoms with Gasteiger partial charge in [0.2, 0.25) is 0 Å². The Balaban J connectivity index is 1.52. The van der Waals surface area contributed by atoms with Gasteiger partial charge in [0, 0.05) is 25.3 Å². The first-order valence-electron chi connectivity index (χ1n) is 9.74. The van der Waals surface area contributed by atoms with Gasteiger partial charge in [-0.25, -0.2) is 9.07 Å². The van der Waals surface area contributed by atoms with Crippen molar-refractivity contribution >= 4 is 11.6 Å². The van der Waals surface area contributed by atoms with Gasteiger partial charge in [-0.2, -0.15) is 13.2 Å². The molecular formula is C21H19F4N5O. The molecule has 4 rings (SSSR count). The zero-order chi connectivity index (χ0) is 22.0. The number of benzene rings is 2. The molecule has 2 heterocycles. The molecule has 0 bridgehead atoms. The Morgan fingerprint density at radius 1 is 1.03 bits per heavy atom. The van der Waals surface area contributed by atoms with Crippen LogP contribution in [0.4, 0.5) is 23.2 Å². The number of hydrogen-bond donors (Lipinski definition) is 1. The molecule has 2 aromatic carbocycles. The second-order valence-electron chi connectivity index (χ2n) is 7.22. The molecule has 1 aromatic heterocycles. The fraction of sp³-hybridized carbons (Fsp3) is 0.286. The molecule has 0 unspecified atom stereocenters. The highest BCUT2D eigenvalue weighted by molar-refractivity contribution is 5.93. The number of halogens is 4. The summed E-state index contributed by atoms with van der Waals surface area (Å²) in [5.74, 6) is -1.75. The minimum Gasteiger partial charge on any atom is -0.372 e. The van der Waals surface area contributed by atoms with Crippen LogP contribution in [-0.4, -0.2) is 34.0 Å². The fourth-order valence-corrected chi connectivity index (χ4v) is 3.54. The summed E-state index contributed by atoms with van der Waals surface area (Å²) in [4.78, 5) is 14.7. The first-order chi connectivity index (χ1) is 14.8. The molecule has 1 N–H and O–H groups in total. The zero-order valence-electron chi connectivity index (χ0n) is 16.4. The van der Waals surface area contributed by atoms with Gasteiger partial charge in [0.25, 0.3) is 5.91 Å². The van der Waals surface area contributed by atoms with E-state index in [0.717, 1.165) is 49.3 Å². The normalized spacial score (nSPS) is 14.1. The summed E-state index contributed by atoms with van der Waals surface area (Å²) < 4.78 is 54.9. The van der Waals surface area contributed by atoms with E-state index in [9.17, 15) is 22.4 Å². The van der Waals surface area contributed by atoms with E-state index in [-0.39, 0.29) is 12.2 Å². The van der Waals surface area contributed by atoms with E-state index >= 15 is 0 Å². The molecule has 1 amide bonds. The van der Waals surface area contributed by atoms with Crippen molar-refractivity contribution in [3.05, 3.63) is 71.3 Å². The SMILES string of the molecule is O=C(NCc1ccc(N2CCCC2)cc1)c1nnn(-c2cccc(F)c2)c1C(F)(F)F. The van der Waals surface area contributed by atoms with E-state index in [0.29, 0.717) is 4.68 Å². The van der Waals surface area contributed by atoms with Crippen LogP contribution in [0.3, 0.4) is 0 Å². The smallest absolute Gasteiger partial charge is 0.372 e. The second kappa shape index (κ2) is 8.37. The molecule has 0 spiro atoms. The average molecular weight is 433 g/mol.